The number of halogens is 6. The zero-order chi connectivity index (χ0) is 15.6. The average Bonchev–Trinajstić information content (AvgIpc) is 2.26. The van der Waals surface area contributed by atoms with E-state index in [9.17, 15) is 26.3 Å². The molecule has 0 bridgehead atoms. The summed E-state index contributed by atoms with van der Waals surface area (Å²) in [6, 6.07) is 4.85. The van der Waals surface area contributed by atoms with Gasteiger partial charge in [-0.3, -0.25) is 0 Å². The molecule has 0 saturated carbocycles. The molecule has 0 fully saturated rings. The van der Waals surface area contributed by atoms with E-state index >= 15 is 0 Å². The SMILES string of the molecule is CC(C)C(CCC(F)(F)F)c1ccccc1C(F)(F)F. The third kappa shape index (κ3) is 4.72. The lowest BCUT2D eigenvalue weighted by atomic mass is 9.82. The summed E-state index contributed by atoms with van der Waals surface area (Å²) >= 11 is 0. The quantitative estimate of drug-likeness (QED) is 0.617. The molecule has 114 valence electrons. The third-order valence-corrected chi connectivity index (χ3v) is 3.21. The molecule has 0 heterocycles. The van der Waals surface area contributed by atoms with Gasteiger partial charge in [-0.15, -0.1) is 0 Å². The van der Waals surface area contributed by atoms with Gasteiger partial charge >= 0.3 is 12.4 Å². The predicted octanol–water partition coefficient (Wildman–Crippen LogP) is 5.79. The maximum absolute atomic E-state index is 12.9. The molecule has 1 aromatic rings. The van der Waals surface area contributed by atoms with Crippen LogP contribution >= 0.6 is 0 Å². The van der Waals surface area contributed by atoms with Crippen LogP contribution in [0.25, 0.3) is 0 Å². The molecule has 20 heavy (non-hydrogen) atoms. The highest BCUT2D eigenvalue weighted by Gasteiger charge is 2.37. The Labute approximate surface area is 113 Å². The maximum atomic E-state index is 12.9. The van der Waals surface area contributed by atoms with E-state index in [0.717, 1.165) is 6.07 Å². The highest BCUT2D eigenvalue weighted by molar-refractivity contribution is 5.33. The lowest BCUT2D eigenvalue weighted by molar-refractivity contribution is -0.139. The molecule has 0 N–H and O–H groups in total. The molecule has 1 atom stereocenters. The van der Waals surface area contributed by atoms with E-state index in [4.69, 9.17) is 0 Å². The van der Waals surface area contributed by atoms with Gasteiger partial charge in [0.25, 0.3) is 0 Å². The van der Waals surface area contributed by atoms with Gasteiger partial charge in [-0.25, -0.2) is 0 Å². The number of hydrogen-bond donors (Lipinski definition) is 0. The van der Waals surface area contributed by atoms with Gasteiger partial charge in [-0.2, -0.15) is 26.3 Å². The summed E-state index contributed by atoms with van der Waals surface area (Å²) in [7, 11) is 0. The molecule has 1 rings (SSSR count). The fourth-order valence-electron chi connectivity index (χ4n) is 2.25. The first kappa shape index (κ1) is 16.9. The molecule has 0 aliphatic carbocycles. The van der Waals surface area contributed by atoms with E-state index in [2.05, 4.69) is 0 Å². The van der Waals surface area contributed by atoms with Crippen molar-refractivity contribution in [3.8, 4) is 0 Å². The van der Waals surface area contributed by atoms with Crippen LogP contribution in [0, 0.1) is 5.92 Å². The number of hydrogen-bond acceptors (Lipinski definition) is 0. The van der Waals surface area contributed by atoms with E-state index in [-0.39, 0.29) is 17.9 Å². The number of rotatable bonds is 4. The Balaban J connectivity index is 3.10. The molecule has 6 heteroatoms. The summed E-state index contributed by atoms with van der Waals surface area (Å²) in [6.45, 7) is 3.27. The van der Waals surface area contributed by atoms with Crippen molar-refractivity contribution in [1.82, 2.24) is 0 Å². The predicted molar refractivity (Wildman–Crippen MR) is 64.3 cm³/mol. The second-order valence-corrected chi connectivity index (χ2v) is 5.09. The van der Waals surface area contributed by atoms with E-state index in [0.29, 0.717) is 0 Å². The summed E-state index contributed by atoms with van der Waals surface area (Å²) in [5, 5.41) is 0. The smallest absolute Gasteiger partial charge is 0.171 e. The minimum atomic E-state index is -4.55. The van der Waals surface area contributed by atoms with Crippen LogP contribution in [0.3, 0.4) is 0 Å². The van der Waals surface area contributed by atoms with E-state index in [1.54, 1.807) is 13.8 Å². The fourth-order valence-corrected chi connectivity index (χ4v) is 2.25. The number of alkyl halides is 6. The first-order valence-electron chi connectivity index (χ1n) is 6.25. The van der Waals surface area contributed by atoms with Crippen LogP contribution in [0.15, 0.2) is 24.3 Å². The van der Waals surface area contributed by atoms with Crippen molar-refractivity contribution in [1.29, 1.82) is 0 Å². The molecule has 0 aromatic heterocycles. The Morgan fingerprint density at radius 3 is 1.95 bits per heavy atom. The monoisotopic (exact) mass is 298 g/mol. The molecular formula is C14H16F6. The zero-order valence-corrected chi connectivity index (χ0v) is 11.1. The molecule has 1 aromatic carbocycles. The standard InChI is InChI=1S/C14H16F6/c1-9(2)10(7-8-13(15,16)17)11-5-3-4-6-12(11)14(18,19)20/h3-6,9-10H,7-8H2,1-2H3. The van der Waals surface area contributed by atoms with Crippen LogP contribution < -0.4 is 0 Å². The minimum absolute atomic E-state index is 0.0562. The topological polar surface area (TPSA) is 0 Å². The van der Waals surface area contributed by atoms with Crippen LogP contribution in [0.5, 0.6) is 0 Å². The molecule has 0 amide bonds. The average molecular weight is 298 g/mol. The van der Waals surface area contributed by atoms with Crippen LogP contribution in [-0.2, 0) is 6.18 Å². The second kappa shape index (κ2) is 6.06. The number of benzene rings is 1. The van der Waals surface area contributed by atoms with Crippen LogP contribution in [0.1, 0.15) is 43.7 Å². The summed E-state index contributed by atoms with van der Waals surface area (Å²) < 4.78 is 75.7. The Morgan fingerprint density at radius 1 is 0.950 bits per heavy atom. The van der Waals surface area contributed by atoms with Gasteiger partial charge in [0, 0.05) is 6.42 Å². The normalized spacial score (nSPS) is 14.7. The van der Waals surface area contributed by atoms with Crippen molar-refractivity contribution in [3.05, 3.63) is 35.4 Å². The van der Waals surface area contributed by atoms with Gasteiger partial charge in [-0.1, -0.05) is 32.0 Å². The molecule has 0 nitrogen and oxygen atoms in total. The van der Waals surface area contributed by atoms with E-state index in [1.165, 1.54) is 18.2 Å². The lowest BCUT2D eigenvalue weighted by Gasteiger charge is -2.25. The largest absolute Gasteiger partial charge is 0.416 e. The van der Waals surface area contributed by atoms with Crippen LogP contribution in [0.4, 0.5) is 26.3 Å². The first-order chi connectivity index (χ1) is 9.02. The zero-order valence-electron chi connectivity index (χ0n) is 11.1. The highest BCUT2D eigenvalue weighted by Crippen LogP contribution is 2.40. The first-order valence-corrected chi connectivity index (χ1v) is 6.25. The van der Waals surface area contributed by atoms with Crippen molar-refractivity contribution in [2.75, 3.05) is 0 Å². The maximum Gasteiger partial charge on any atom is 0.416 e. The highest BCUT2D eigenvalue weighted by atomic mass is 19.4. The van der Waals surface area contributed by atoms with Crippen molar-refractivity contribution < 1.29 is 26.3 Å². The summed E-state index contributed by atoms with van der Waals surface area (Å²) in [4.78, 5) is 0. The van der Waals surface area contributed by atoms with Gasteiger partial charge in [0.05, 0.1) is 5.56 Å². The van der Waals surface area contributed by atoms with E-state index in [1.807, 2.05) is 0 Å². The Kier molecular flexibility index (Phi) is 5.10. The van der Waals surface area contributed by atoms with Crippen molar-refractivity contribution >= 4 is 0 Å². The second-order valence-electron chi connectivity index (χ2n) is 5.09. The van der Waals surface area contributed by atoms with Crippen molar-refractivity contribution in [3.63, 3.8) is 0 Å². The summed E-state index contributed by atoms with van der Waals surface area (Å²) in [6.07, 6.45) is -10.3. The minimum Gasteiger partial charge on any atom is -0.171 e. The molecule has 1 unspecified atom stereocenters. The van der Waals surface area contributed by atoms with Gasteiger partial charge in [0.2, 0.25) is 0 Å². The molecule has 0 aliphatic heterocycles. The summed E-state index contributed by atoms with van der Waals surface area (Å²) in [5.74, 6) is -1.07. The molecule has 0 aliphatic rings. The van der Waals surface area contributed by atoms with Gasteiger partial charge in [0.1, 0.15) is 0 Å². The Morgan fingerprint density at radius 2 is 1.50 bits per heavy atom. The third-order valence-electron chi connectivity index (χ3n) is 3.21. The molecule has 0 radical (unpaired) electrons. The molecular weight excluding hydrogens is 282 g/mol. The van der Waals surface area contributed by atoms with Gasteiger partial charge < -0.3 is 0 Å². The van der Waals surface area contributed by atoms with Gasteiger partial charge in [-0.05, 0) is 29.9 Å². The van der Waals surface area contributed by atoms with Gasteiger partial charge in [0.15, 0.2) is 0 Å². The van der Waals surface area contributed by atoms with Crippen molar-refractivity contribution in [2.45, 2.75) is 45.0 Å². The Bertz CT molecular complexity index is 430. The molecule has 0 spiro atoms. The Hall–Kier alpha value is -1.20. The van der Waals surface area contributed by atoms with Crippen molar-refractivity contribution in [2.24, 2.45) is 5.92 Å². The molecule has 0 saturated heterocycles. The fraction of sp³-hybridized carbons (Fsp3) is 0.571. The van der Waals surface area contributed by atoms with Crippen LogP contribution in [0.2, 0.25) is 0 Å². The summed E-state index contributed by atoms with van der Waals surface area (Å²) in [5.41, 5.74) is -0.903. The van der Waals surface area contributed by atoms with E-state index < -0.39 is 30.3 Å². The van der Waals surface area contributed by atoms with Crippen LogP contribution in [-0.4, -0.2) is 6.18 Å². The lowest BCUT2D eigenvalue weighted by Crippen LogP contribution is -2.18.